The number of carbonyl (C=O) groups excluding carboxylic acids is 1. The second-order valence-corrected chi connectivity index (χ2v) is 8.26. The van der Waals surface area contributed by atoms with E-state index in [0.29, 0.717) is 36.5 Å². The maximum atomic E-state index is 12.8. The highest BCUT2D eigenvalue weighted by atomic mass is 35.5. The van der Waals surface area contributed by atoms with Crippen molar-refractivity contribution in [1.82, 2.24) is 19.9 Å². The first-order valence-corrected chi connectivity index (χ1v) is 9.29. The highest BCUT2D eigenvalue weighted by Crippen LogP contribution is 2.31. The predicted molar refractivity (Wildman–Crippen MR) is 101 cm³/mol. The molecule has 0 saturated carbocycles. The zero-order valence-electron chi connectivity index (χ0n) is 15.6. The van der Waals surface area contributed by atoms with Gasteiger partial charge in [-0.15, -0.1) is 5.10 Å². The zero-order chi connectivity index (χ0) is 19.8. The third kappa shape index (κ3) is 4.13. The molecule has 0 radical (unpaired) electrons. The Hall–Kier alpha value is -2.41. The van der Waals surface area contributed by atoms with Crippen LogP contribution in [0.4, 0.5) is 0 Å². The first-order valence-electron chi connectivity index (χ1n) is 8.91. The van der Waals surface area contributed by atoms with Gasteiger partial charge in [0, 0.05) is 23.7 Å². The molecule has 1 fully saturated rings. The molecule has 0 bridgehead atoms. The van der Waals surface area contributed by atoms with Gasteiger partial charge in [-0.1, -0.05) is 43.7 Å². The van der Waals surface area contributed by atoms with Crippen molar-refractivity contribution in [2.45, 2.75) is 45.1 Å². The molecule has 144 valence electrons. The summed E-state index contributed by atoms with van der Waals surface area (Å²) in [4.78, 5) is 25.5. The monoisotopic (exact) mass is 390 g/mol. The molecule has 0 atom stereocenters. The highest BCUT2D eigenvalue weighted by molar-refractivity contribution is 6.31. The van der Waals surface area contributed by atoms with E-state index in [1.165, 1.54) is 6.20 Å². The summed E-state index contributed by atoms with van der Waals surface area (Å²) in [5, 5.41) is 17.1. The molecule has 7 nitrogen and oxygen atoms in total. The third-order valence-corrected chi connectivity index (χ3v) is 5.19. The minimum absolute atomic E-state index is 0.0411. The van der Waals surface area contributed by atoms with Gasteiger partial charge in [0.2, 0.25) is 0 Å². The number of carbonyl (C=O) groups is 2. The van der Waals surface area contributed by atoms with Crippen LogP contribution in [0, 0.1) is 0 Å². The molecule has 1 N–H and O–H groups in total. The SMILES string of the molecule is CC(C)(C)c1ccc(C(=O)N2CCC(n3cc(C(=O)O)nn3)CC2)cc1Cl. The van der Waals surface area contributed by atoms with Gasteiger partial charge in [0.05, 0.1) is 12.2 Å². The van der Waals surface area contributed by atoms with Gasteiger partial charge < -0.3 is 10.0 Å². The van der Waals surface area contributed by atoms with E-state index in [-0.39, 0.29) is 23.1 Å². The number of carboxylic acids is 1. The Bertz CT molecular complexity index is 864. The van der Waals surface area contributed by atoms with E-state index in [9.17, 15) is 9.59 Å². The van der Waals surface area contributed by atoms with Gasteiger partial charge in [0.25, 0.3) is 5.91 Å². The third-order valence-electron chi connectivity index (χ3n) is 4.88. The normalized spacial score (nSPS) is 15.8. The van der Waals surface area contributed by atoms with Crippen molar-refractivity contribution in [2.24, 2.45) is 0 Å². The number of hydrogen-bond donors (Lipinski definition) is 1. The molecule has 1 aliphatic heterocycles. The Morgan fingerprint density at radius 3 is 2.41 bits per heavy atom. The molecule has 0 aliphatic carbocycles. The predicted octanol–water partition coefficient (Wildman–Crippen LogP) is 3.40. The van der Waals surface area contributed by atoms with E-state index >= 15 is 0 Å². The zero-order valence-corrected chi connectivity index (χ0v) is 16.4. The van der Waals surface area contributed by atoms with Crippen LogP contribution in [-0.2, 0) is 5.41 Å². The summed E-state index contributed by atoms with van der Waals surface area (Å²) in [6, 6.07) is 5.54. The van der Waals surface area contributed by atoms with Gasteiger partial charge in [-0.3, -0.25) is 4.79 Å². The van der Waals surface area contributed by atoms with Crippen molar-refractivity contribution in [2.75, 3.05) is 13.1 Å². The molecule has 1 aromatic carbocycles. The molecule has 8 heteroatoms. The molecule has 2 aromatic rings. The number of amides is 1. The van der Waals surface area contributed by atoms with E-state index in [2.05, 4.69) is 31.1 Å². The minimum atomic E-state index is -1.09. The van der Waals surface area contributed by atoms with Crippen LogP contribution in [0.25, 0.3) is 0 Å². The van der Waals surface area contributed by atoms with Crippen LogP contribution in [0.15, 0.2) is 24.4 Å². The molecule has 0 spiro atoms. The van der Waals surface area contributed by atoms with Crippen LogP contribution in [0.2, 0.25) is 5.02 Å². The quantitative estimate of drug-likeness (QED) is 0.867. The summed E-state index contributed by atoms with van der Waals surface area (Å²) in [6.07, 6.45) is 2.83. The summed E-state index contributed by atoms with van der Waals surface area (Å²) in [5.41, 5.74) is 1.45. The van der Waals surface area contributed by atoms with Crippen molar-refractivity contribution in [3.8, 4) is 0 Å². The minimum Gasteiger partial charge on any atom is -0.476 e. The molecule has 27 heavy (non-hydrogen) atoms. The number of piperidine rings is 1. The summed E-state index contributed by atoms with van der Waals surface area (Å²) in [6.45, 7) is 7.40. The van der Waals surface area contributed by atoms with Crippen LogP contribution in [0.1, 0.15) is 66.1 Å². The first-order chi connectivity index (χ1) is 12.7. The van der Waals surface area contributed by atoms with E-state index in [1.807, 2.05) is 12.1 Å². The maximum absolute atomic E-state index is 12.8. The molecule has 0 unspecified atom stereocenters. The Morgan fingerprint density at radius 2 is 1.89 bits per heavy atom. The fourth-order valence-corrected chi connectivity index (χ4v) is 3.79. The fourth-order valence-electron chi connectivity index (χ4n) is 3.33. The Labute approximate surface area is 162 Å². The van der Waals surface area contributed by atoms with Crippen LogP contribution in [0.5, 0.6) is 0 Å². The van der Waals surface area contributed by atoms with Crippen LogP contribution < -0.4 is 0 Å². The maximum Gasteiger partial charge on any atom is 0.358 e. The number of nitrogens with zero attached hydrogens (tertiary/aromatic N) is 4. The van der Waals surface area contributed by atoms with Crippen molar-refractivity contribution in [3.63, 3.8) is 0 Å². The van der Waals surface area contributed by atoms with Crippen LogP contribution in [-0.4, -0.2) is 50.0 Å². The topological polar surface area (TPSA) is 88.3 Å². The summed E-state index contributed by atoms with van der Waals surface area (Å²) in [5.74, 6) is -1.13. The molecular weight excluding hydrogens is 368 g/mol. The number of benzene rings is 1. The molecule has 1 aliphatic rings. The first kappa shape index (κ1) is 19.4. The van der Waals surface area contributed by atoms with Gasteiger partial charge in [0.1, 0.15) is 0 Å². The number of hydrogen-bond acceptors (Lipinski definition) is 4. The molecule has 2 heterocycles. The molecule has 3 rings (SSSR count). The lowest BCUT2D eigenvalue weighted by molar-refractivity contribution is 0.0683. The summed E-state index contributed by atoms with van der Waals surface area (Å²) >= 11 is 6.39. The van der Waals surface area contributed by atoms with Gasteiger partial charge in [-0.2, -0.15) is 0 Å². The second-order valence-electron chi connectivity index (χ2n) is 7.86. The Morgan fingerprint density at radius 1 is 1.22 bits per heavy atom. The number of rotatable bonds is 3. The Kier molecular flexibility index (Phi) is 5.24. The van der Waals surface area contributed by atoms with Gasteiger partial charge in [-0.25, -0.2) is 9.48 Å². The van der Waals surface area contributed by atoms with Crippen molar-refractivity contribution < 1.29 is 14.7 Å². The molecular formula is C19H23ClN4O3. The van der Waals surface area contributed by atoms with Gasteiger partial charge >= 0.3 is 5.97 Å². The standard InChI is InChI=1S/C19H23ClN4O3/c1-19(2,3)14-5-4-12(10-15(14)20)17(25)23-8-6-13(7-9-23)24-11-16(18(26)27)21-22-24/h4-5,10-11,13H,6-9H2,1-3H3,(H,26,27). The lowest BCUT2D eigenvalue weighted by Gasteiger charge is -2.32. The second kappa shape index (κ2) is 7.31. The number of halogens is 1. The summed E-state index contributed by atoms with van der Waals surface area (Å²) in [7, 11) is 0. The number of aromatic nitrogens is 3. The van der Waals surface area contributed by atoms with Gasteiger partial charge in [-0.05, 0) is 36.0 Å². The number of aromatic carboxylic acids is 1. The lowest BCUT2D eigenvalue weighted by atomic mass is 9.86. The van der Waals surface area contributed by atoms with Crippen LogP contribution >= 0.6 is 11.6 Å². The number of carboxylic acid groups (broad SMARTS) is 1. The summed E-state index contributed by atoms with van der Waals surface area (Å²) < 4.78 is 1.58. The molecule has 1 aromatic heterocycles. The fraction of sp³-hybridized carbons (Fsp3) is 0.474. The average Bonchev–Trinajstić information content (AvgIpc) is 3.10. The van der Waals surface area contributed by atoms with E-state index in [1.54, 1.807) is 15.6 Å². The van der Waals surface area contributed by atoms with E-state index < -0.39 is 5.97 Å². The highest BCUT2D eigenvalue weighted by Gasteiger charge is 2.27. The van der Waals surface area contributed by atoms with E-state index in [0.717, 1.165) is 5.56 Å². The largest absolute Gasteiger partial charge is 0.476 e. The van der Waals surface area contributed by atoms with Crippen molar-refractivity contribution in [1.29, 1.82) is 0 Å². The smallest absolute Gasteiger partial charge is 0.358 e. The average molecular weight is 391 g/mol. The molecule has 1 saturated heterocycles. The molecule has 1 amide bonds. The number of likely N-dealkylation sites (tertiary alicyclic amines) is 1. The van der Waals surface area contributed by atoms with Crippen molar-refractivity contribution >= 4 is 23.5 Å². The Balaban J connectivity index is 1.66. The van der Waals surface area contributed by atoms with Gasteiger partial charge in [0.15, 0.2) is 5.69 Å². The lowest BCUT2D eigenvalue weighted by Crippen LogP contribution is -2.39. The van der Waals surface area contributed by atoms with Crippen LogP contribution in [0.3, 0.4) is 0 Å². The van der Waals surface area contributed by atoms with Crippen molar-refractivity contribution in [3.05, 3.63) is 46.2 Å². The van der Waals surface area contributed by atoms with E-state index in [4.69, 9.17) is 16.7 Å².